The third kappa shape index (κ3) is 3.93. The molecule has 2 aromatic heterocycles. The predicted molar refractivity (Wildman–Crippen MR) is 133 cm³/mol. The number of nitrogens with zero attached hydrogens (tertiary/aromatic N) is 3. The smallest absolute Gasteiger partial charge is 0.264 e. The van der Waals surface area contributed by atoms with Crippen LogP contribution in [0.5, 0.6) is 5.88 Å². The van der Waals surface area contributed by atoms with Crippen molar-refractivity contribution in [2.45, 2.75) is 43.6 Å². The molecule has 3 heterocycles. The van der Waals surface area contributed by atoms with E-state index in [0.717, 1.165) is 39.9 Å². The van der Waals surface area contributed by atoms with E-state index in [-0.39, 0.29) is 22.9 Å². The van der Waals surface area contributed by atoms with E-state index in [1.54, 1.807) is 30.5 Å². The number of benzene rings is 2. The fourth-order valence-corrected chi connectivity index (χ4v) is 6.13. The molecule has 2 atom stereocenters. The SMILES string of the molecule is Cc1cccc(C)c1-c1cc2nc(n1)NS(=O)(=O)c1cccc(c1)C1Cc3cccnc3[C@@H](C1)O2. The maximum atomic E-state index is 13.3. The van der Waals surface area contributed by atoms with Gasteiger partial charge in [-0.05, 0) is 73.1 Å². The molecule has 0 spiro atoms. The van der Waals surface area contributed by atoms with Gasteiger partial charge < -0.3 is 4.74 Å². The van der Waals surface area contributed by atoms with E-state index in [1.807, 2.05) is 44.2 Å². The van der Waals surface area contributed by atoms with Crippen LogP contribution >= 0.6 is 0 Å². The average molecular weight is 485 g/mol. The number of sulfonamides is 1. The fraction of sp³-hybridized carbons (Fsp3) is 0.222. The molecule has 0 amide bonds. The molecule has 0 saturated heterocycles. The highest BCUT2D eigenvalue weighted by molar-refractivity contribution is 7.92. The van der Waals surface area contributed by atoms with Gasteiger partial charge in [-0.15, -0.1) is 0 Å². The first-order valence-corrected chi connectivity index (χ1v) is 13.0. The zero-order valence-electron chi connectivity index (χ0n) is 19.4. The van der Waals surface area contributed by atoms with Crippen LogP contribution < -0.4 is 9.46 Å². The summed E-state index contributed by atoms with van der Waals surface area (Å²) in [6.07, 6.45) is 2.89. The molecule has 1 N–H and O–H groups in total. The Morgan fingerprint density at radius 3 is 2.60 bits per heavy atom. The van der Waals surface area contributed by atoms with Gasteiger partial charge in [0.1, 0.15) is 6.10 Å². The number of fused-ring (bicyclic) bond motifs is 9. The van der Waals surface area contributed by atoms with E-state index in [4.69, 9.17) is 4.74 Å². The van der Waals surface area contributed by atoms with Crippen molar-refractivity contribution in [2.24, 2.45) is 0 Å². The normalized spacial score (nSPS) is 19.8. The molecule has 1 unspecified atom stereocenters. The first-order valence-electron chi connectivity index (χ1n) is 11.6. The Bertz CT molecular complexity index is 1550. The molecule has 0 fully saturated rings. The van der Waals surface area contributed by atoms with Gasteiger partial charge in [-0.2, -0.15) is 4.98 Å². The average Bonchev–Trinajstić information content (AvgIpc) is 2.83. The molecular formula is C27H24N4O3S. The molecule has 176 valence electrons. The van der Waals surface area contributed by atoms with Crippen molar-refractivity contribution in [3.63, 3.8) is 0 Å². The summed E-state index contributed by atoms with van der Waals surface area (Å²) in [6.45, 7) is 4.01. The lowest BCUT2D eigenvalue weighted by molar-refractivity contribution is 0.162. The Morgan fingerprint density at radius 2 is 1.77 bits per heavy atom. The lowest BCUT2D eigenvalue weighted by Crippen LogP contribution is -2.24. The highest BCUT2D eigenvalue weighted by Gasteiger charge is 2.32. The highest BCUT2D eigenvalue weighted by Crippen LogP contribution is 2.41. The van der Waals surface area contributed by atoms with Crippen LogP contribution in [0, 0.1) is 13.8 Å². The van der Waals surface area contributed by atoms with Crippen LogP contribution in [0.3, 0.4) is 0 Å². The Morgan fingerprint density at radius 1 is 0.971 bits per heavy atom. The predicted octanol–water partition coefficient (Wildman–Crippen LogP) is 5.12. The van der Waals surface area contributed by atoms with Crippen LogP contribution in [-0.4, -0.2) is 23.4 Å². The van der Waals surface area contributed by atoms with Crippen LogP contribution in [0.15, 0.2) is 71.8 Å². The quantitative estimate of drug-likeness (QED) is 0.403. The van der Waals surface area contributed by atoms with Gasteiger partial charge in [0.2, 0.25) is 11.8 Å². The number of hydrogen-bond acceptors (Lipinski definition) is 6. The van der Waals surface area contributed by atoms with E-state index in [0.29, 0.717) is 18.0 Å². The molecule has 7 nitrogen and oxygen atoms in total. The maximum Gasteiger partial charge on any atom is 0.264 e. The molecule has 35 heavy (non-hydrogen) atoms. The molecule has 1 aliphatic heterocycles. The molecule has 2 aromatic carbocycles. The summed E-state index contributed by atoms with van der Waals surface area (Å²) in [6, 6.07) is 18.9. The van der Waals surface area contributed by atoms with Gasteiger partial charge in [0.25, 0.3) is 10.0 Å². The van der Waals surface area contributed by atoms with E-state index in [9.17, 15) is 8.42 Å². The van der Waals surface area contributed by atoms with Gasteiger partial charge in [0, 0.05) is 17.8 Å². The largest absolute Gasteiger partial charge is 0.468 e. The van der Waals surface area contributed by atoms with Crippen LogP contribution in [0.2, 0.25) is 0 Å². The van der Waals surface area contributed by atoms with Gasteiger partial charge in [0.15, 0.2) is 0 Å². The van der Waals surface area contributed by atoms with Crippen LogP contribution in [0.1, 0.15) is 46.4 Å². The first-order chi connectivity index (χ1) is 16.9. The number of hydrogen-bond donors (Lipinski definition) is 1. The second-order valence-electron chi connectivity index (χ2n) is 9.15. The van der Waals surface area contributed by atoms with Crippen molar-refractivity contribution >= 4 is 16.0 Å². The number of ether oxygens (including phenoxy) is 1. The van der Waals surface area contributed by atoms with E-state index >= 15 is 0 Å². The van der Waals surface area contributed by atoms with Crippen LogP contribution in [-0.2, 0) is 16.4 Å². The fourth-order valence-electron chi connectivity index (χ4n) is 5.13. The molecule has 2 aliphatic rings. The number of pyridine rings is 1. The number of aromatic nitrogens is 3. The van der Waals surface area contributed by atoms with Crippen LogP contribution in [0.25, 0.3) is 11.3 Å². The van der Waals surface area contributed by atoms with Gasteiger partial charge in [-0.25, -0.2) is 18.1 Å². The summed E-state index contributed by atoms with van der Waals surface area (Å²) >= 11 is 0. The van der Waals surface area contributed by atoms with Crippen LogP contribution in [0.4, 0.5) is 5.95 Å². The number of nitrogens with one attached hydrogen (secondary N) is 1. The van der Waals surface area contributed by atoms with Crippen molar-refractivity contribution in [2.75, 3.05) is 4.72 Å². The van der Waals surface area contributed by atoms with Crippen molar-refractivity contribution in [3.8, 4) is 17.1 Å². The molecule has 0 saturated carbocycles. The lowest BCUT2D eigenvalue weighted by atomic mass is 9.80. The topological polar surface area (TPSA) is 94.1 Å². The Kier molecular flexibility index (Phi) is 5.07. The molecule has 1 aliphatic carbocycles. The van der Waals surface area contributed by atoms with Crippen molar-refractivity contribution in [1.29, 1.82) is 0 Å². The maximum absolute atomic E-state index is 13.3. The van der Waals surface area contributed by atoms with E-state index in [2.05, 4.69) is 25.7 Å². The molecule has 8 heteroatoms. The number of aryl methyl sites for hydroxylation is 2. The Labute approximate surface area is 204 Å². The van der Waals surface area contributed by atoms with Crippen molar-refractivity contribution in [3.05, 3.63) is 94.8 Å². The summed E-state index contributed by atoms with van der Waals surface area (Å²) < 4.78 is 35.6. The lowest BCUT2D eigenvalue weighted by Gasteiger charge is -2.31. The van der Waals surface area contributed by atoms with Gasteiger partial charge in [0.05, 0.1) is 16.3 Å². The zero-order chi connectivity index (χ0) is 24.2. The van der Waals surface area contributed by atoms with E-state index in [1.165, 1.54) is 0 Å². The molecule has 0 radical (unpaired) electrons. The van der Waals surface area contributed by atoms with Crippen molar-refractivity contribution < 1.29 is 13.2 Å². The minimum absolute atomic E-state index is 0.0280. The summed E-state index contributed by atoms with van der Waals surface area (Å²) in [7, 11) is -3.90. The number of anilines is 1. The van der Waals surface area contributed by atoms with Gasteiger partial charge >= 0.3 is 0 Å². The molecular weight excluding hydrogens is 460 g/mol. The minimum Gasteiger partial charge on any atom is -0.468 e. The number of rotatable bonds is 1. The third-order valence-corrected chi connectivity index (χ3v) is 8.09. The van der Waals surface area contributed by atoms with Gasteiger partial charge in [-0.3, -0.25) is 4.98 Å². The highest BCUT2D eigenvalue weighted by atomic mass is 32.2. The second kappa shape index (κ2) is 8.16. The van der Waals surface area contributed by atoms with Crippen molar-refractivity contribution in [1.82, 2.24) is 15.0 Å². The molecule has 6 bridgehead atoms. The van der Waals surface area contributed by atoms with Gasteiger partial charge in [-0.1, -0.05) is 36.4 Å². The zero-order valence-corrected chi connectivity index (χ0v) is 20.2. The summed E-state index contributed by atoms with van der Waals surface area (Å²) in [5.41, 5.74) is 6.53. The monoisotopic (exact) mass is 484 g/mol. The third-order valence-electron chi connectivity index (χ3n) is 6.76. The first kappa shape index (κ1) is 21.7. The second-order valence-corrected chi connectivity index (χ2v) is 10.8. The standard InChI is InChI=1S/C27H24N4O3S/c1-16-6-3-7-17(2)25(16)22-15-24-30-27(29-22)31-35(32,33)21-10-4-8-18(13-21)20-12-19-9-5-11-28-26(19)23(14-20)34-24/h3-11,13,15,20,23H,12,14H2,1-2H3,(H,29,30,31)/t20?,23-/m1/s1. The van der Waals surface area contributed by atoms with E-state index < -0.39 is 10.0 Å². The minimum atomic E-state index is -3.90. The summed E-state index contributed by atoms with van der Waals surface area (Å²) in [5, 5.41) is 0. The Balaban J connectivity index is 1.57. The Hall–Kier alpha value is -3.78. The molecule has 6 rings (SSSR count). The summed E-state index contributed by atoms with van der Waals surface area (Å²) in [4.78, 5) is 13.9. The summed E-state index contributed by atoms with van der Waals surface area (Å²) in [5.74, 6) is 0.368. The molecule has 4 aromatic rings.